The van der Waals surface area contributed by atoms with Crippen LogP contribution in [0.2, 0.25) is 11.1 Å². The average Bonchev–Trinajstić information content (AvgIpc) is 2.79. The molecular weight excluding hydrogens is 372 g/mol. The summed E-state index contributed by atoms with van der Waals surface area (Å²) >= 11 is 0. The molecule has 0 saturated carbocycles. The second-order valence-corrected chi connectivity index (χ2v) is 11.5. The summed E-state index contributed by atoms with van der Waals surface area (Å²) in [5.74, 6) is 0. The summed E-state index contributed by atoms with van der Waals surface area (Å²) in [4.78, 5) is 31.3. The van der Waals surface area contributed by atoms with E-state index in [1.54, 1.807) is 6.08 Å². The Labute approximate surface area is 157 Å². The first kappa shape index (κ1) is 20.2. The fraction of sp³-hybridized carbons (Fsp3) is 0.647. The molecule has 3 rings (SSSR count). The second kappa shape index (κ2) is 7.82. The Hall–Kier alpha value is -1.56. The lowest BCUT2D eigenvalue weighted by atomic mass is 10.1. The lowest BCUT2D eigenvalue weighted by Crippen LogP contribution is -2.50. The first-order valence-electron chi connectivity index (χ1n) is 9.06. The van der Waals surface area contributed by atoms with Gasteiger partial charge in [0.25, 0.3) is 5.56 Å². The maximum Gasteiger partial charge on any atom is 0.380 e. The summed E-state index contributed by atoms with van der Waals surface area (Å²) in [7, 11) is -2.77. The lowest BCUT2D eigenvalue weighted by Gasteiger charge is -2.36. The Bertz CT molecular complexity index is 808. The minimum atomic E-state index is -2.77. The Kier molecular flexibility index (Phi) is 5.84. The third-order valence-electron chi connectivity index (χ3n) is 5.03. The van der Waals surface area contributed by atoms with Crippen molar-refractivity contribution in [1.29, 1.82) is 0 Å². The van der Waals surface area contributed by atoms with Gasteiger partial charge in [-0.1, -0.05) is 33.8 Å². The molecule has 0 aromatic carbocycles. The van der Waals surface area contributed by atoms with E-state index in [9.17, 15) is 14.7 Å². The van der Waals surface area contributed by atoms with Gasteiger partial charge in [0.2, 0.25) is 0 Å². The van der Waals surface area contributed by atoms with E-state index in [4.69, 9.17) is 18.6 Å². The van der Waals surface area contributed by atoms with Crippen molar-refractivity contribution in [1.82, 2.24) is 9.55 Å². The number of aromatic amines is 1. The van der Waals surface area contributed by atoms with E-state index < -0.39 is 38.2 Å². The van der Waals surface area contributed by atoms with Gasteiger partial charge in [-0.25, -0.2) is 9.68 Å². The fourth-order valence-electron chi connectivity index (χ4n) is 3.64. The lowest BCUT2D eigenvalue weighted by molar-refractivity contribution is -0.240. The number of rotatable bonds is 4. The fourth-order valence-corrected chi connectivity index (χ4v) is 6.88. The summed E-state index contributed by atoms with van der Waals surface area (Å²) in [5.41, 5.74) is -0.247. The van der Waals surface area contributed by atoms with Gasteiger partial charge in [-0.2, -0.15) is 0 Å². The summed E-state index contributed by atoms with van der Waals surface area (Å²) in [6.45, 7) is 8.03. The van der Waals surface area contributed by atoms with Crippen LogP contribution in [0.4, 0.5) is 0 Å². The Balaban J connectivity index is 2.03. The molecule has 2 N–H and O–H groups in total. The molecule has 1 aromatic heterocycles. The summed E-state index contributed by atoms with van der Waals surface area (Å²) in [5, 5.41) is 9.53. The maximum atomic E-state index is 12.2. The number of hydrogen-bond donors (Lipinski definition) is 2. The minimum Gasteiger partial charge on any atom is -0.392 e. The van der Waals surface area contributed by atoms with E-state index in [1.807, 2.05) is 27.7 Å². The van der Waals surface area contributed by atoms with Gasteiger partial charge in [0, 0.05) is 17.8 Å². The maximum absolute atomic E-state index is 12.2. The third kappa shape index (κ3) is 3.60. The van der Waals surface area contributed by atoms with Crippen molar-refractivity contribution in [3.8, 4) is 0 Å². The van der Waals surface area contributed by atoms with Gasteiger partial charge in [0.15, 0.2) is 6.23 Å². The Morgan fingerprint density at radius 1 is 1.33 bits per heavy atom. The molecule has 10 heteroatoms. The summed E-state index contributed by atoms with van der Waals surface area (Å²) in [6, 6.07) is 1.25. The van der Waals surface area contributed by atoms with Crippen LogP contribution >= 0.6 is 0 Å². The number of aliphatic hydroxyl groups excluding tert-OH is 1. The van der Waals surface area contributed by atoms with Crippen LogP contribution in [-0.4, -0.2) is 48.6 Å². The SMILES string of the molecule is CC(C)[Si]1(C(C)C)OOC[C@H]2O[C@@H](n3ccc(=O)[nH]c3=O)/C(=C\CO)[C@@H]2O1. The van der Waals surface area contributed by atoms with Crippen LogP contribution in [-0.2, 0) is 18.6 Å². The van der Waals surface area contributed by atoms with E-state index in [2.05, 4.69) is 4.98 Å². The van der Waals surface area contributed by atoms with E-state index in [-0.39, 0.29) is 24.3 Å². The molecule has 9 nitrogen and oxygen atoms in total. The number of ether oxygens (including phenoxy) is 1. The van der Waals surface area contributed by atoms with E-state index in [1.165, 1.54) is 16.8 Å². The van der Waals surface area contributed by atoms with E-state index in [0.717, 1.165) is 0 Å². The standard InChI is InChI=1S/C17H26N2O7Si/c1-10(2)27(11(3)4)25-15-12(6-8-20)16(24-13(15)9-23-26-27)19-7-5-14(21)18-17(19)22/h5-7,10-11,13,15-16,20H,8-9H2,1-4H3,(H,18,21,22)/b12-6-/t13-,15+,16-/m1/s1. The molecule has 0 aliphatic carbocycles. The quantitative estimate of drug-likeness (QED) is 0.441. The van der Waals surface area contributed by atoms with Gasteiger partial charge in [-0.05, 0) is 11.1 Å². The van der Waals surface area contributed by atoms with Crippen molar-refractivity contribution in [3.63, 3.8) is 0 Å². The molecule has 27 heavy (non-hydrogen) atoms. The third-order valence-corrected chi connectivity index (χ3v) is 9.25. The Morgan fingerprint density at radius 2 is 2.04 bits per heavy atom. The molecule has 150 valence electrons. The molecular formula is C17H26N2O7Si. The zero-order valence-corrected chi connectivity index (χ0v) is 16.9. The minimum absolute atomic E-state index is 0.112. The van der Waals surface area contributed by atoms with Gasteiger partial charge >= 0.3 is 14.3 Å². The first-order valence-corrected chi connectivity index (χ1v) is 11.0. The van der Waals surface area contributed by atoms with Crippen LogP contribution in [0.3, 0.4) is 0 Å². The predicted molar refractivity (Wildman–Crippen MR) is 98.3 cm³/mol. The smallest absolute Gasteiger partial charge is 0.380 e. The van der Waals surface area contributed by atoms with Crippen LogP contribution in [0.25, 0.3) is 0 Å². The summed E-state index contributed by atoms with van der Waals surface area (Å²) in [6.07, 6.45) is 1.13. The summed E-state index contributed by atoms with van der Waals surface area (Å²) < 4.78 is 19.6. The second-order valence-electron chi connectivity index (χ2n) is 7.37. The van der Waals surface area contributed by atoms with Crippen molar-refractivity contribution in [3.05, 3.63) is 44.8 Å². The van der Waals surface area contributed by atoms with Crippen molar-refractivity contribution in [2.75, 3.05) is 13.2 Å². The average molecular weight is 398 g/mol. The highest BCUT2D eigenvalue weighted by Crippen LogP contribution is 2.44. The number of hydrogen-bond acceptors (Lipinski definition) is 7. The highest BCUT2D eigenvalue weighted by molar-refractivity contribution is 6.70. The van der Waals surface area contributed by atoms with Crippen LogP contribution in [0.15, 0.2) is 33.5 Å². The normalized spacial score (nSPS) is 29.3. The molecule has 2 fully saturated rings. The first-order chi connectivity index (χ1) is 12.8. The van der Waals surface area contributed by atoms with Crippen LogP contribution in [0.1, 0.15) is 33.9 Å². The van der Waals surface area contributed by atoms with Crippen molar-refractivity contribution in [2.24, 2.45) is 0 Å². The Morgan fingerprint density at radius 3 is 2.63 bits per heavy atom. The molecule has 1 aromatic rings. The van der Waals surface area contributed by atoms with Crippen LogP contribution < -0.4 is 11.2 Å². The van der Waals surface area contributed by atoms with Gasteiger partial charge in [0.1, 0.15) is 18.8 Å². The largest absolute Gasteiger partial charge is 0.392 e. The molecule has 2 aliphatic rings. The number of fused-ring (bicyclic) bond motifs is 1. The molecule has 0 bridgehead atoms. The number of aliphatic hydroxyl groups is 1. The van der Waals surface area contributed by atoms with E-state index in [0.29, 0.717) is 5.57 Å². The van der Waals surface area contributed by atoms with Crippen LogP contribution in [0, 0.1) is 0 Å². The molecule has 3 atom stereocenters. The predicted octanol–water partition coefficient (Wildman–Crippen LogP) is 0.962. The number of H-pyrrole nitrogens is 1. The molecule has 0 spiro atoms. The van der Waals surface area contributed by atoms with E-state index >= 15 is 0 Å². The van der Waals surface area contributed by atoms with Crippen molar-refractivity contribution < 1.29 is 23.7 Å². The van der Waals surface area contributed by atoms with Gasteiger partial charge in [-0.15, -0.1) is 0 Å². The molecule has 0 amide bonds. The topological polar surface area (TPSA) is 112 Å². The molecule has 0 radical (unpaired) electrons. The molecule has 0 unspecified atom stereocenters. The molecule has 3 heterocycles. The number of nitrogens with one attached hydrogen (secondary N) is 1. The molecule has 2 saturated heterocycles. The van der Waals surface area contributed by atoms with Gasteiger partial charge in [0.05, 0.1) is 6.61 Å². The van der Waals surface area contributed by atoms with Crippen molar-refractivity contribution >= 4 is 8.56 Å². The zero-order valence-electron chi connectivity index (χ0n) is 15.9. The van der Waals surface area contributed by atoms with Gasteiger partial charge < -0.3 is 14.3 Å². The zero-order chi connectivity index (χ0) is 19.8. The molecule has 2 aliphatic heterocycles. The van der Waals surface area contributed by atoms with Gasteiger partial charge in [-0.3, -0.25) is 18.9 Å². The highest BCUT2D eigenvalue weighted by atomic mass is 28.4. The highest BCUT2D eigenvalue weighted by Gasteiger charge is 2.55. The monoisotopic (exact) mass is 398 g/mol. The number of nitrogens with zero attached hydrogens (tertiary/aromatic N) is 1. The van der Waals surface area contributed by atoms with Crippen LogP contribution in [0.5, 0.6) is 0 Å². The number of aromatic nitrogens is 2. The van der Waals surface area contributed by atoms with Crippen molar-refractivity contribution in [2.45, 2.75) is 57.2 Å².